The topological polar surface area (TPSA) is 72.6 Å². The maximum absolute atomic E-state index is 12.9. The highest BCUT2D eigenvalue weighted by atomic mass is 32.2. The number of nitrogens with two attached hydrogens (primary N) is 1. The molecule has 1 aromatic carbocycles. The van der Waals surface area contributed by atoms with Gasteiger partial charge in [0, 0.05) is 19.1 Å². The second-order valence-corrected chi connectivity index (χ2v) is 7.69. The Morgan fingerprint density at radius 1 is 1.43 bits per heavy atom. The summed E-state index contributed by atoms with van der Waals surface area (Å²) in [6.45, 7) is 4.84. The summed E-state index contributed by atoms with van der Waals surface area (Å²) in [5.74, 6) is 0.604. The van der Waals surface area contributed by atoms with E-state index >= 15 is 0 Å². The lowest BCUT2D eigenvalue weighted by molar-refractivity contribution is 0.242. The summed E-state index contributed by atoms with van der Waals surface area (Å²) in [5.41, 5.74) is 6.84. The third-order valence-electron chi connectivity index (χ3n) is 4.10. The summed E-state index contributed by atoms with van der Waals surface area (Å²) in [5, 5.41) is 0. The first-order valence-electron chi connectivity index (χ1n) is 7.26. The van der Waals surface area contributed by atoms with Crippen LogP contribution in [-0.2, 0) is 10.0 Å². The molecule has 2 rings (SSSR count). The van der Waals surface area contributed by atoms with E-state index in [4.69, 9.17) is 10.5 Å². The van der Waals surface area contributed by atoms with Crippen molar-refractivity contribution in [3.05, 3.63) is 23.8 Å². The van der Waals surface area contributed by atoms with Gasteiger partial charge in [0.25, 0.3) is 0 Å². The van der Waals surface area contributed by atoms with E-state index in [0.29, 0.717) is 18.8 Å². The van der Waals surface area contributed by atoms with Crippen molar-refractivity contribution in [1.82, 2.24) is 4.31 Å². The molecule has 118 valence electrons. The highest BCUT2D eigenvalue weighted by Gasteiger charge is 2.33. The molecule has 2 unspecified atom stereocenters. The minimum absolute atomic E-state index is 0.00223. The van der Waals surface area contributed by atoms with E-state index in [9.17, 15) is 8.42 Å². The molecule has 0 aliphatic carbocycles. The first kappa shape index (κ1) is 16.3. The van der Waals surface area contributed by atoms with E-state index in [0.717, 1.165) is 18.4 Å². The number of aryl methyl sites for hydroxylation is 1. The number of benzene rings is 1. The van der Waals surface area contributed by atoms with Crippen molar-refractivity contribution in [2.24, 2.45) is 11.7 Å². The third-order valence-corrected chi connectivity index (χ3v) is 5.99. The number of nitrogens with zero attached hydrogens (tertiary/aromatic N) is 1. The molecule has 1 heterocycles. The van der Waals surface area contributed by atoms with E-state index in [1.54, 1.807) is 16.4 Å². The van der Waals surface area contributed by atoms with Crippen molar-refractivity contribution in [3.8, 4) is 5.75 Å². The Bertz CT molecular complexity index is 599. The van der Waals surface area contributed by atoms with Crippen molar-refractivity contribution >= 4 is 10.0 Å². The minimum Gasteiger partial charge on any atom is -0.495 e. The average molecular weight is 312 g/mol. The van der Waals surface area contributed by atoms with E-state index in [1.165, 1.54) is 7.11 Å². The van der Waals surface area contributed by atoms with Crippen LogP contribution in [0, 0.1) is 12.8 Å². The Hall–Kier alpha value is -1.11. The van der Waals surface area contributed by atoms with Crippen LogP contribution in [0.4, 0.5) is 0 Å². The van der Waals surface area contributed by atoms with Crippen molar-refractivity contribution in [2.45, 2.75) is 37.6 Å². The zero-order valence-corrected chi connectivity index (χ0v) is 13.7. The standard InChI is InChI=1S/C15H24N2O3S/c1-11-6-7-14(20-3)15(9-11)21(18,19)17-8-4-5-13(10-17)12(2)16/h6-7,9,12-13H,4-5,8,10,16H2,1-3H3. The lowest BCUT2D eigenvalue weighted by Crippen LogP contribution is -2.45. The number of hydrogen-bond donors (Lipinski definition) is 1. The summed E-state index contributed by atoms with van der Waals surface area (Å²) < 4.78 is 32.5. The smallest absolute Gasteiger partial charge is 0.246 e. The van der Waals surface area contributed by atoms with Crippen LogP contribution >= 0.6 is 0 Å². The fourth-order valence-corrected chi connectivity index (χ4v) is 4.52. The predicted octanol–water partition coefficient (Wildman–Crippen LogP) is 1.75. The lowest BCUT2D eigenvalue weighted by atomic mass is 9.93. The number of hydrogen-bond acceptors (Lipinski definition) is 4. The van der Waals surface area contributed by atoms with E-state index in [2.05, 4.69) is 0 Å². The molecule has 1 aliphatic rings. The summed E-state index contributed by atoms with van der Waals surface area (Å²) in [4.78, 5) is 0.246. The Morgan fingerprint density at radius 3 is 2.76 bits per heavy atom. The molecule has 0 aromatic heterocycles. The van der Waals surface area contributed by atoms with Gasteiger partial charge in [0.15, 0.2) is 0 Å². The van der Waals surface area contributed by atoms with Crippen LogP contribution in [0.3, 0.4) is 0 Å². The third kappa shape index (κ3) is 3.39. The van der Waals surface area contributed by atoms with Gasteiger partial charge in [-0.15, -0.1) is 0 Å². The molecular weight excluding hydrogens is 288 g/mol. The number of piperidine rings is 1. The highest BCUT2D eigenvalue weighted by molar-refractivity contribution is 7.89. The predicted molar refractivity (Wildman–Crippen MR) is 82.9 cm³/mol. The van der Waals surface area contributed by atoms with Crippen LogP contribution < -0.4 is 10.5 Å². The molecule has 6 heteroatoms. The quantitative estimate of drug-likeness (QED) is 0.919. The molecule has 1 aliphatic heterocycles. The average Bonchev–Trinajstić information content (AvgIpc) is 2.47. The van der Waals surface area contributed by atoms with Crippen LogP contribution in [0.2, 0.25) is 0 Å². The van der Waals surface area contributed by atoms with Gasteiger partial charge in [-0.3, -0.25) is 0 Å². The molecule has 2 N–H and O–H groups in total. The maximum Gasteiger partial charge on any atom is 0.246 e. The molecule has 0 bridgehead atoms. The molecule has 5 nitrogen and oxygen atoms in total. The van der Waals surface area contributed by atoms with E-state index in [-0.39, 0.29) is 16.9 Å². The number of sulfonamides is 1. The first-order valence-corrected chi connectivity index (χ1v) is 8.70. The van der Waals surface area contributed by atoms with Gasteiger partial charge in [-0.05, 0) is 50.3 Å². The summed E-state index contributed by atoms with van der Waals surface area (Å²) in [6.07, 6.45) is 1.83. The second kappa shape index (κ2) is 6.34. The molecule has 0 amide bonds. The zero-order valence-electron chi connectivity index (χ0n) is 12.9. The summed E-state index contributed by atoms with van der Waals surface area (Å²) in [6, 6.07) is 5.22. The normalized spacial score (nSPS) is 22.0. The van der Waals surface area contributed by atoms with Crippen molar-refractivity contribution in [1.29, 1.82) is 0 Å². The van der Waals surface area contributed by atoms with Gasteiger partial charge in [-0.1, -0.05) is 6.07 Å². The zero-order chi connectivity index (χ0) is 15.6. The SMILES string of the molecule is COc1ccc(C)cc1S(=O)(=O)N1CCCC(C(C)N)C1. The second-order valence-electron chi connectivity index (χ2n) is 5.78. The Labute approximate surface area is 127 Å². The van der Waals surface area contributed by atoms with Gasteiger partial charge in [-0.2, -0.15) is 4.31 Å². The number of rotatable bonds is 4. The van der Waals surface area contributed by atoms with Gasteiger partial charge in [0.05, 0.1) is 7.11 Å². The van der Waals surface area contributed by atoms with Crippen LogP contribution in [0.5, 0.6) is 5.75 Å². The largest absolute Gasteiger partial charge is 0.495 e. The van der Waals surface area contributed by atoms with Gasteiger partial charge >= 0.3 is 0 Å². The van der Waals surface area contributed by atoms with Gasteiger partial charge in [0.2, 0.25) is 10.0 Å². The Kier molecular flexibility index (Phi) is 4.91. The molecular formula is C15H24N2O3S. The van der Waals surface area contributed by atoms with Crippen LogP contribution in [0.25, 0.3) is 0 Å². The highest BCUT2D eigenvalue weighted by Crippen LogP contribution is 2.30. The first-order chi connectivity index (χ1) is 9.86. The minimum atomic E-state index is -3.54. The monoisotopic (exact) mass is 312 g/mol. The van der Waals surface area contributed by atoms with Crippen molar-refractivity contribution in [3.63, 3.8) is 0 Å². The molecule has 21 heavy (non-hydrogen) atoms. The summed E-state index contributed by atoms with van der Waals surface area (Å²) >= 11 is 0. The van der Waals surface area contributed by atoms with Gasteiger partial charge < -0.3 is 10.5 Å². The Balaban J connectivity index is 2.35. The van der Waals surface area contributed by atoms with Crippen molar-refractivity contribution in [2.75, 3.05) is 20.2 Å². The molecule has 0 spiro atoms. The Morgan fingerprint density at radius 2 is 2.14 bits per heavy atom. The van der Waals surface area contributed by atoms with Gasteiger partial charge in [-0.25, -0.2) is 8.42 Å². The van der Waals surface area contributed by atoms with Crippen LogP contribution in [-0.4, -0.2) is 39.0 Å². The molecule has 1 aromatic rings. The van der Waals surface area contributed by atoms with Gasteiger partial charge in [0.1, 0.15) is 10.6 Å². The number of methoxy groups -OCH3 is 1. The van der Waals surface area contributed by atoms with Crippen molar-refractivity contribution < 1.29 is 13.2 Å². The molecule has 2 atom stereocenters. The fourth-order valence-electron chi connectivity index (χ4n) is 2.75. The number of ether oxygens (including phenoxy) is 1. The molecule has 1 fully saturated rings. The lowest BCUT2D eigenvalue weighted by Gasteiger charge is -2.34. The maximum atomic E-state index is 12.9. The van der Waals surface area contributed by atoms with Crippen LogP contribution in [0.15, 0.2) is 23.1 Å². The summed E-state index contributed by atoms with van der Waals surface area (Å²) in [7, 11) is -2.05. The molecule has 0 saturated carbocycles. The van der Waals surface area contributed by atoms with E-state index in [1.807, 2.05) is 19.9 Å². The molecule has 0 radical (unpaired) electrons. The van der Waals surface area contributed by atoms with E-state index < -0.39 is 10.0 Å². The molecule has 1 saturated heterocycles. The van der Waals surface area contributed by atoms with Crippen LogP contribution in [0.1, 0.15) is 25.3 Å². The fraction of sp³-hybridized carbons (Fsp3) is 0.600.